The fourth-order valence-corrected chi connectivity index (χ4v) is 3.36. The number of aromatic nitrogens is 4. The average molecular weight is 385 g/mol. The van der Waals surface area contributed by atoms with Gasteiger partial charge in [0.2, 0.25) is 5.91 Å². The first-order valence-corrected chi connectivity index (χ1v) is 9.28. The number of hydrogen-bond acceptors (Lipinski definition) is 5. The standard InChI is InChI=1S/C18H19N5O3S/c1-3-4-10-23-14-15(22(2)17(26)21-16(14)25)20-18(23)27-11-13(24)19-12-8-6-5-7-9-12/h3-9H,10-11H2,1-2H3,(H,19,24)(H,21,25,26). The maximum atomic E-state index is 12.3. The highest BCUT2D eigenvalue weighted by Gasteiger charge is 2.18. The molecule has 0 unspecified atom stereocenters. The van der Waals surface area contributed by atoms with E-state index in [1.807, 2.05) is 37.3 Å². The van der Waals surface area contributed by atoms with E-state index >= 15 is 0 Å². The molecule has 0 radical (unpaired) electrons. The molecular weight excluding hydrogens is 366 g/mol. The Labute approximate surface area is 158 Å². The molecule has 0 atom stereocenters. The molecule has 0 saturated heterocycles. The van der Waals surface area contributed by atoms with Crippen LogP contribution in [0.2, 0.25) is 0 Å². The van der Waals surface area contributed by atoms with Crippen molar-refractivity contribution in [2.75, 3.05) is 11.1 Å². The van der Waals surface area contributed by atoms with Crippen LogP contribution in [0.4, 0.5) is 5.69 Å². The largest absolute Gasteiger partial charge is 0.329 e. The second-order valence-electron chi connectivity index (χ2n) is 5.77. The second-order valence-corrected chi connectivity index (χ2v) is 6.71. The minimum atomic E-state index is -0.526. The van der Waals surface area contributed by atoms with Crippen LogP contribution in [0.15, 0.2) is 57.2 Å². The van der Waals surface area contributed by atoms with Crippen molar-refractivity contribution in [3.8, 4) is 0 Å². The molecule has 1 aromatic carbocycles. The average Bonchev–Trinajstić information content (AvgIpc) is 3.03. The van der Waals surface area contributed by atoms with E-state index in [0.717, 1.165) is 0 Å². The van der Waals surface area contributed by atoms with Gasteiger partial charge in [-0.1, -0.05) is 42.1 Å². The number of benzene rings is 1. The highest BCUT2D eigenvalue weighted by atomic mass is 32.2. The molecule has 0 saturated carbocycles. The number of H-pyrrole nitrogens is 1. The summed E-state index contributed by atoms with van der Waals surface area (Å²) in [6.45, 7) is 2.29. The third-order valence-corrected chi connectivity index (χ3v) is 4.86. The Kier molecular flexibility index (Phi) is 5.60. The zero-order valence-electron chi connectivity index (χ0n) is 14.9. The molecule has 9 heteroatoms. The number of hydrogen-bond donors (Lipinski definition) is 2. The number of nitrogens with one attached hydrogen (secondary N) is 2. The number of para-hydroxylation sites is 1. The predicted molar refractivity (Wildman–Crippen MR) is 106 cm³/mol. The van der Waals surface area contributed by atoms with Crippen molar-refractivity contribution < 1.29 is 4.79 Å². The first kappa shape index (κ1) is 18.7. The van der Waals surface area contributed by atoms with Crippen molar-refractivity contribution in [1.82, 2.24) is 19.1 Å². The topological polar surface area (TPSA) is 102 Å². The van der Waals surface area contributed by atoms with Gasteiger partial charge in [0, 0.05) is 19.3 Å². The van der Waals surface area contributed by atoms with Gasteiger partial charge in [0.15, 0.2) is 16.3 Å². The molecule has 0 fully saturated rings. The van der Waals surface area contributed by atoms with Crippen LogP contribution in [0.1, 0.15) is 6.92 Å². The van der Waals surface area contributed by atoms with Gasteiger partial charge in [0.25, 0.3) is 5.56 Å². The molecule has 27 heavy (non-hydrogen) atoms. The van der Waals surface area contributed by atoms with E-state index in [0.29, 0.717) is 28.6 Å². The molecule has 140 valence electrons. The van der Waals surface area contributed by atoms with Crippen molar-refractivity contribution in [2.45, 2.75) is 18.6 Å². The molecule has 8 nitrogen and oxygen atoms in total. The number of anilines is 1. The monoisotopic (exact) mass is 385 g/mol. The van der Waals surface area contributed by atoms with E-state index in [9.17, 15) is 14.4 Å². The lowest BCUT2D eigenvalue weighted by atomic mass is 10.3. The van der Waals surface area contributed by atoms with Crippen molar-refractivity contribution in [2.24, 2.45) is 7.05 Å². The van der Waals surface area contributed by atoms with Crippen LogP contribution in [-0.4, -0.2) is 30.8 Å². The molecule has 1 amide bonds. The Morgan fingerprint density at radius 3 is 2.74 bits per heavy atom. The van der Waals surface area contributed by atoms with Gasteiger partial charge in [0.05, 0.1) is 5.75 Å². The van der Waals surface area contributed by atoms with Crippen molar-refractivity contribution >= 4 is 34.5 Å². The molecule has 0 aliphatic rings. The summed E-state index contributed by atoms with van der Waals surface area (Å²) in [6.07, 6.45) is 3.73. The minimum Gasteiger partial charge on any atom is -0.325 e. The maximum Gasteiger partial charge on any atom is 0.329 e. The number of nitrogens with zero attached hydrogens (tertiary/aromatic N) is 3. The van der Waals surface area contributed by atoms with Crippen LogP contribution < -0.4 is 16.6 Å². The summed E-state index contributed by atoms with van der Waals surface area (Å²) in [7, 11) is 1.55. The summed E-state index contributed by atoms with van der Waals surface area (Å²) in [5, 5.41) is 3.30. The SMILES string of the molecule is CC=CCn1c(SCC(=O)Nc2ccccc2)nc2c1c(=O)[nH]c(=O)n2C. The van der Waals surface area contributed by atoms with Crippen molar-refractivity contribution in [3.63, 3.8) is 0 Å². The summed E-state index contributed by atoms with van der Waals surface area (Å²) in [5.74, 6) is -0.0569. The number of thioether (sulfide) groups is 1. The highest BCUT2D eigenvalue weighted by Crippen LogP contribution is 2.22. The molecule has 2 aromatic heterocycles. The zero-order chi connectivity index (χ0) is 19.4. The molecule has 2 heterocycles. The minimum absolute atomic E-state index is 0.125. The van der Waals surface area contributed by atoms with E-state index in [4.69, 9.17) is 0 Å². The van der Waals surface area contributed by atoms with Gasteiger partial charge in [-0.05, 0) is 19.1 Å². The third kappa shape index (κ3) is 4.03. The molecular formula is C18H19N5O3S. The fraction of sp³-hybridized carbons (Fsp3) is 0.222. The molecule has 2 N–H and O–H groups in total. The number of amides is 1. The van der Waals surface area contributed by atoms with Gasteiger partial charge in [-0.3, -0.25) is 19.1 Å². The van der Waals surface area contributed by atoms with Crippen molar-refractivity contribution in [1.29, 1.82) is 0 Å². The smallest absolute Gasteiger partial charge is 0.325 e. The van der Waals surface area contributed by atoms with E-state index in [-0.39, 0.29) is 11.7 Å². The molecule has 0 spiro atoms. The second kappa shape index (κ2) is 8.09. The Morgan fingerprint density at radius 1 is 1.30 bits per heavy atom. The Morgan fingerprint density at radius 2 is 2.04 bits per heavy atom. The van der Waals surface area contributed by atoms with Gasteiger partial charge in [-0.15, -0.1) is 0 Å². The lowest BCUT2D eigenvalue weighted by Crippen LogP contribution is -2.29. The maximum absolute atomic E-state index is 12.3. The zero-order valence-corrected chi connectivity index (χ0v) is 15.7. The quantitative estimate of drug-likeness (QED) is 0.497. The van der Waals surface area contributed by atoms with E-state index in [2.05, 4.69) is 15.3 Å². The summed E-state index contributed by atoms with van der Waals surface area (Å²) in [5.41, 5.74) is 0.289. The molecule has 0 aliphatic heterocycles. The number of carbonyl (C=O) groups excluding carboxylic acids is 1. The number of rotatable bonds is 6. The van der Waals surface area contributed by atoms with Crippen LogP contribution in [0.3, 0.4) is 0 Å². The summed E-state index contributed by atoms with van der Waals surface area (Å²) in [4.78, 5) is 43.0. The summed E-state index contributed by atoms with van der Waals surface area (Å²) < 4.78 is 2.99. The van der Waals surface area contributed by atoms with Gasteiger partial charge in [0.1, 0.15) is 0 Å². The Balaban J connectivity index is 1.90. The van der Waals surface area contributed by atoms with Crippen LogP contribution in [0, 0.1) is 0 Å². The highest BCUT2D eigenvalue weighted by molar-refractivity contribution is 7.99. The van der Waals surface area contributed by atoms with Crippen LogP contribution in [0.25, 0.3) is 11.2 Å². The molecule has 0 aliphatic carbocycles. The van der Waals surface area contributed by atoms with Gasteiger partial charge in [-0.2, -0.15) is 0 Å². The lowest BCUT2D eigenvalue weighted by molar-refractivity contribution is -0.113. The number of aryl methyl sites for hydroxylation is 1. The van der Waals surface area contributed by atoms with Gasteiger partial charge < -0.3 is 9.88 Å². The molecule has 3 aromatic rings. The van der Waals surface area contributed by atoms with Crippen molar-refractivity contribution in [3.05, 3.63) is 63.3 Å². The molecule has 3 rings (SSSR count). The number of fused-ring (bicyclic) bond motifs is 1. The van der Waals surface area contributed by atoms with Crippen LogP contribution >= 0.6 is 11.8 Å². The van der Waals surface area contributed by atoms with Crippen LogP contribution in [0.5, 0.6) is 0 Å². The number of carbonyl (C=O) groups is 1. The van der Waals surface area contributed by atoms with E-state index in [1.165, 1.54) is 16.3 Å². The van der Waals surface area contributed by atoms with E-state index in [1.54, 1.807) is 23.7 Å². The normalized spacial score (nSPS) is 11.3. The molecule has 0 bridgehead atoms. The fourth-order valence-electron chi connectivity index (χ4n) is 2.55. The summed E-state index contributed by atoms with van der Waals surface area (Å²) in [6, 6.07) is 9.16. The Hall–Kier alpha value is -3.07. The third-order valence-electron chi connectivity index (χ3n) is 3.89. The van der Waals surface area contributed by atoms with Gasteiger partial charge in [-0.25, -0.2) is 9.78 Å². The lowest BCUT2D eigenvalue weighted by Gasteiger charge is -2.06. The first-order chi connectivity index (χ1) is 13.0. The number of allylic oxidation sites excluding steroid dienone is 2. The number of aromatic amines is 1. The Bertz CT molecular complexity index is 1110. The van der Waals surface area contributed by atoms with Crippen LogP contribution in [-0.2, 0) is 18.4 Å². The first-order valence-electron chi connectivity index (χ1n) is 8.29. The van der Waals surface area contributed by atoms with Gasteiger partial charge >= 0.3 is 5.69 Å². The number of imidazole rings is 1. The predicted octanol–water partition coefficient (Wildman–Crippen LogP) is 1.73. The summed E-state index contributed by atoms with van der Waals surface area (Å²) >= 11 is 1.21. The van der Waals surface area contributed by atoms with E-state index < -0.39 is 11.2 Å².